The van der Waals surface area contributed by atoms with Crippen LogP contribution in [0.2, 0.25) is 0 Å². The van der Waals surface area contributed by atoms with Crippen LogP contribution < -0.4 is 5.32 Å². The van der Waals surface area contributed by atoms with E-state index in [1.165, 1.54) is 12.1 Å². The van der Waals surface area contributed by atoms with Crippen LogP contribution in [0.1, 0.15) is 18.5 Å². The van der Waals surface area contributed by atoms with Crippen LogP contribution in [-0.4, -0.2) is 32.5 Å². The van der Waals surface area contributed by atoms with Crippen LogP contribution in [0.25, 0.3) is 0 Å². The lowest BCUT2D eigenvalue weighted by Gasteiger charge is -2.31. The fraction of sp³-hybridized carbons (Fsp3) is 0.538. The average molecular weight is 257 g/mol. The van der Waals surface area contributed by atoms with E-state index < -0.39 is 11.6 Å². The normalized spacial score (nSPS) is 21.8. The molecule has 0 bridgehead atoms. The molecule has 0 amide bonds. The summed E-state index contributed by atoms with van der Waals surface area (Å²) in [4.78, 5) is 0. The molecule has 0 spiro atoms. The first-order valence-electron chi connectivity index (χ1n) is 6.10. The van der Waals surface area contributed by atoms with Gasteiger partial charge in [0.25, 0.3) is 0 Å². The van der Waals surface area contributed by atoms with Gasteiger partial charge in [-0.25, -0.2) is 8.78 Å². The molecule has 2 atom stereocenters. The Morgan fingerprint density at radius 1 is 1.39 bits per heavy atom. The Bertz CT molecular complexity index is 395. The first-order valence-corrected chi connectivity index (χ1v) is 6.10. The number of nitrogens with one attached hydrogen (secondary N) is 1. The Kier molecular flexibility index (Phi) is 4.63. The SMILES string of the molecule is CCNC(c1ccc(F)cc1F)C1COCCO1. The highest BCUT2D eigenvalue weighted by Crippen LogP contribution is 2.24. The summed E-state index contributed by atoms with van der Waals surface area (Å²) in [5.74, 6) is -1.14. The summed E-state index contributed by atoms with van der Waals surface area (Å²) in [6, 6.07) is 3.28. The van der Waals surface area contributed by atoms with Gasteiger partial charge in [0.05, 0.1) is 25.9 Å². The van der Waals surface area contributed by atoms with Crippen LogP contribution in [-0.2, 0) is 9.47 Å². The van der Waals surface area contributed by atoms with Gasteiger partial charge >= 0.3 is 0 Å². The second-order valence-corrected chi connectivity index (χ2v) is 4.19. The molecular weight excluding hydrogens is 240 g/mol. The van der Waals surface area contributed by atoms with Crippen molar-refractivity contribution < 1.29 is 18.3 Å². The predicted octanol–water partition coefficient (Wildman–Crippen LogP) is 2.03. The summed E-state index contributed by atoms with van der Waals surface area (Å²) in [5, 5.41) is 3.16. The van der Waals surface area contributed by atoms with E-state index in [1.54, 1.807) is 0 Å². The van der Waals surface area contributed by atoms with Crippen molar-refractivity contribution in [1.82, 2.24) is 5.32 Å². The molecule has 5 heteroatoms. The zero-order valence-electron chi connectivity index (χ0n) is 10.3. The van der Waals surface area contributed by atoms with Gasteiger partial charge in [-0.3, -0.25) is 0 Å². The Hall–Kier alpha value is -1.04. The highest BCUT2D eigenvalue weighted by Gasteiger charge is 2.28. The second-order valence-electron chi connectivity index (χ2n) is 4.19. The van der Waals surface area contributed by atoms with Gasteiger partial charge < -0.3 is 14.8 Å². The third-order valence-corrected chi connectivity index (χ3v) is 2.94. The number of hydrogen-bond acceptors (Lipinski definition) is 3. The first kappa shape index (κ1) is 13.4. The molecular formula is C13H17F2NO2. The number of rotatable bonds is 4. The van der Waals surface area contributed by atoms with Crippen molar-refractivity contribution in [1.29, 1.82) is 0 Å². The smallest absolute Gasteiger partial charge is 0.130 e. The molecule has 1 aromatic rings. The third kappa shape index (κ3) is 3.04. The van der Waals surface area contributed by atoms with Crippen molar-refractivity contribution in [2.75, 3.05) is 26.4 Å². The number of halogens is 2. The van der Waals surface area contributed by atoms with Gasteiger partial charge in [0.15, 0.2) is 0 Å². The fourth-order valence-electron chi connectivity index (χ4n) is 2.11. The van der Waals surface area contributed by atoms with Gasteiger partial charge in [-0.15, -0.1) is 0 Å². The maximum Gasteiger partial charge on any atom is 0.130 e. The number of hydrogen-bond donors (Lipinski definition) is 1. The maximum atomic E-state index is 13.8. The Labute approximate surface area is 105 Å². The van der Waals surface area contributed by atoms with Crippen LogP contribution in [0.15, 0.2) is 18.2 Å². The van der Waals surface area contributed by atoms with Crippen molar-refractivity contribution >= 4 is 0 Å². The van der Waals surface area contributed by atoms with Gasteiger partial charge in [-0.1, -0.05) is 13.0 Å². The minimum Gasteiger partial charge on any atom is -0.376 e. The molecule has 1 N–H and O–H groups in total. The number of benzene rings is 1. The average Bonchev–Trinajstić information content (AvgIpc) is 2.38. The molecule has 1 aliphatic rings. The highest BCUT2D eigenvalue weighted by molar-refractivity contribution is 5.23. The summed E-state index contributed by atoms with van der Waals surface area (Å²) >= 11 is 0. The lowest BCUT2D eigenvalue weighted by molar-refractivity contribution is -0.102. The maximum absolute atomic E-state index is 13.8. The van der Waals surface area contributed by atoms with E-state index in [2.05, 4.69) is 5.32 Å². The highest BCUT2D eigenvalue weighted by atomic mass is 19.1. The number of ether oxygens (including phenoxy) is 2. The number of likely N-dealkylation sites (N-methyl/N-ethyl adjacent to an activating group) is 1. The van der Waals surface area contributed by atoms with Crippen molar-refractivity contribution in [2.45, 2.75) is 19.1 Å². The first-order chi connectivity index (χ1) is 8.72. The molecule has 1 aromatic carbocycles. The van der Waals surface area contributed by atoms with Crippen molar-refractivity contribution in [3.63, 3.8) is 0 Å². The van der Waals surface area contributed by atoms with Crippen LogP contribution >= 0.6 is 0 Å². The molecule has 2 unspecified atom stereocenters. The monoisotopic (exact) mass is 257 g/mol. The molecule has 1 heterocycles. The lowest BCUT2D eigenvalue weighted by atomic mass is 10.0. The third-order valence-electron chi connectivity index (χ3n) is 2.94. The van der Waals surface area contributed by atoms with Crippen LogP contribution in [0.4, 0.5) is 8.78 Å². The molecule has 100 valence electrons. The minimum absolute atomic E-state index is 0.251. The molecule has 0 radical (unpaired) electrons. The van der Waals surface area contributed by atoms with E-state index in [9.17, 15) is 8.78 Å². The van der Waals surface area contributed by atoms with Crippen LogP contribution in [0, 0.1) is 11.6 Å². The van der Waals surface area contributed by atoms with Gasteiger partial charge in [-0.2, -0.15) is 0 Å². The molecule has 0 aliphatic carbocycles. The molecule has 1 aliphatic heterocycles. The summed E-state index contributed by atoms with van der Waals surface area (Å²) in [6.07, 6.45) is -0.251. The molecule has 1 fully saturated rings. The van der Waals surface area contributed by atoms with E-state index in [4.69, 9.17) is 9.47 Å². The summed E-state index contributed by atoms with van der Waals surface area (Å²) in [7, 11) is 0. The largest absolute Gasteiger partial charge is 0.376 e. The summed E-state index contributed by atoms with van der Waals surface area (Å²) < 4.78 is 37.6. The van der Waals surface area contributed by atoms with Crippen LogP contribution in [0.5, 0.6) is 0 Å². The van der Waals surface area contributed by atoms with Gasteiger partial charge in [0.2, 0.25) is 0 Å². The fourth-order valence-corrected chi connectivity index (χ4v) is 2.11. The minimum atomic E-state index is -0.577. The predicted molar refractivity (Wildman–Crippen MR) is 63.3 cm³/mol. The zero-order chi connectivity index (χ0) is 13.0. The van der Waals surface area contributed by atoms with Gasteiger partial charge in [-0.05, 0) is 12.6 Å². The van der Waals surface area contributed by atoms with E-state index in [0.717, 1.165) is 6.07 Å². The van der Waals surface area contributed by atoms with E-state index in [-0.39, 0.29) is 12.1 Å². The van der Waals surface area contributed by atoms with Gasteiger partial charge in [0, 0.05) is 11.6 Å². The van der Waals surface area contributed by atoms with Crippen molar-refractivity contribution in [3.8, 4) is 0 Å². The molecule has 1 saturated heterocycles. The zero-order valence-corrected chi connectivity index (χ0v) is 10.3. The molecule has 2 rings (SSSR count). The standard InChI is InChI=1S/C13H17F2NO2/c1-2-16-13(12-8-17-5-6-18-12)10-4-3-9(14)7-11(10)15/h3-4,7,12-13,16H,2,5-6,8H2,1H3. The van der Waals surface area contributed by atoms with E-state index in [1.807, 2.05) is 6.92 Å². The van der Waals surface area contributed by atoms with E-state index >= 15 is 0 Å². The van der Waals surface area contributed by atoms with Crippen LogP contribution in [0.3, 0.4) is 0 Å². The molecule has 0 aromatic heterocycles. The van der Waals surface area contributed by atoms with Gasteiger partial charge in [0.1, 0.15) is 17.7 Å². The summed E-state index contributed by atoms with van der Waals surface area (Å²) in [5.41, 5.74) is 0.411. The van der Waals surface area contributed by atoms with E-state index in [0.29, 0.717) is 31.9 Å². The molecule has 18 heavy (non-hydrogen) atoms. The lowest BCUT2D eigenvalue weighted by Crippen LogP contribution is -2.41. The Morgan fingerprint density at radius 2 is 2.22 bits per heavy atom. The Morgan fingerprint density at radius 3 is 2.83 bits per heavy atom. The molecule has 3 nitrogen and oxygen atoms in total. The Balaban J connectivity index is 2.22. The quantitative estimate of drug-likeness (QED) is 0.895. The second kappa shape index (κ2) is 6.22. The molecule has 0 saturated carbocycles. The topological polar surface area (TPSA) is 30.5 Å². The van der Waals surface area contributed by atoms with Crippen molar-refractivity contribution in [3.05, 3.63) is 35.4 Å². The van der Waals surface area contributed by atoms with Crippen molar-refractivity contribution in [2.24, 2.45) is 0 Å². The summed E-state index contributed by atoms with van der Waals surface area (Å²) in [6.45, 7) is 4.06.